The number of esters is 1. The molecule has 0 saturated heterocycles. The zero-order valence-corrected chi connectivity index (χ0v) is 13.5. The van der Waals surface area contributed by atoms with E-state index < -0.39 is 0 Å². The van der Waals surface area contributed by atoms with E-state index in [1.54, 1.807) is 0 Å². The number of hydrogen-bond donors (Lipinski definition) is 1. The lowest BCUT2D eigenvalue weighted by Gasteiger charge is -2.19. The van der Waals surface area contributed by atoms with Gasteiger partial charge in [-0.2, -0.15) is 0 Å². The van der Waals surface area contributed by atoms with Crippen molar-refractivity contribution in [2.45, 2.75) is 58.3 Å². The zero-order chi connectivity index (χ0) is 15.6. The van der Waals surface area contributed by atoms with Gasteiger partial charge >= 0.3 is 5.97 Å². The molecule has 0 aliphatic heterocycles. The number of carbonyl (C=O) groups excluding carboxylic acids is 1. The normalized spacial score (nSPS) is 16.0. The number of rotatable bonds is 6. The van der Waals surface area contributed by atoms with Crippen molar-refractivity contribution in [3.63, 3.8) is 0 Å². The standard InChI is InChI=1S/C18H26O3/c1-11(2)15-9-13(5-8-17(19)21-4)10-16(18(15)20)12(3)14-6-7-14/h9-12,14,20H,5-8H2,1-4H3. The van der Waals surface area contributed by atoms with E-state index in [1.165, 1.54) is 20.0 Å². The summed E-state index contributed by atoms with van der Waals surface area (Å²) in [5.41, 5.74) is 3.15. The molecule has 1 N–H and O–H groups in total. The molecule has 0 bridgehead atoms. The summed E-state index contributed by atoms with van der Waals surface area (Å²) in [4.78, 5) is 11.3. The molecule has 1 saturated carbocycles. The van der Waals surface area contributed by atoms with Crippen molar-refractivity contribution in [2.75, 3.05) is 7.11 Å². The number of methoxy groups -OCH3 is 1. The van der Waals surface area contributed by atoms with Crippen LogP contribution in [0.4, 0.5) is 0 Å². The van der Waals surface area contributed by atoms with Gasteiger partial charge in [-0.05, 0) is 53.7 Å². The maximum absolute atomic E-state index is 11.3. The molecule has 21 heavy (non-hydrogen) atoms. The van der Waals surface area contributed by atoms with E-state index in [1.807, 2.05) is 6.07 Å². The molecule has 0 amide bonds. The van der Waals surface area contributed by atoms with Crippen molar-refractivity contribution >= 4 is 5.97 Å². The van der Waals surface area contributed by atoms with Crippen molar-refractivity contribution in [1.29, 1.82) is 0 Å². The van der Waals surface area contributed by atoms with Crippen LogP contribution in [0.2, 0.25) is 0 Å². The fraction of sp³-hybridized carbons (Fsp3) is 0.611. The van der Waals surface area contributed by atoms with E-state index >= 15 is 0 Å². The van der Waals surface area contributed by atoms with Gasteiger partial charge in [-0.1, -0.05) is 32.9 Å². The van der Waals surface area contributed by atoms with Crippen molar-refractivity contribution in [3.05, 3.63) is 28.8 Å². The van der Waals surface area contributed by atoms with Crippen molar-refractivity contribution < 1.29 is 14.6 Å². The van der Waals surface area contributed by atoms with Crippen LogP contribution in [0.25, 0.3) is 0 Å². The van der Waals surface area contributed by atoms with Crippen molar-refractivity contribution in [2.24, 2.45) is 5.92 Å². The Labute approximate surface area is 127 Å². The van der Waals surface area contributed by atoms with Gasteiger partial charge in [0.1, 0.15) is 5.75 Å². The number of aromatic hydroxyl groups is 1. The van der Waals surface area contributed by atoms with Crippen LogP contribution in [-0.2, 0) is 16.0 Å². The van der Waals surface area contributed by atoms with Crippen LogP contribution in [0.15, 0.2) is 12.1 Å². The summed E-state index contributed by atoms with van der Waals surface area (Å²) >= 11 is 0. The fourth-order valence-electron chi connectivity index (χ4n) is 2.87. The topological polar surface area (TPSA) is 46.5 Å². The highest BCUT2D eigenvalue weighted by molar-refractivity contribution is 5.69. The molecule has 1 atom stereocenters. The number of phenols is 1. The molecule has 1 aromatic rings. The Kier molecular flexibility index (Phi) is 4.92. The molecule has 1 aliphatic rings. The number of ether oxygens (including phenoxy) is 1. The largest absolute Gasteiger partial charge is 0.507 e. The molecule has 3 nitrogen and oxygen atoms in total. The molecule has 0 aromatic heterocycles. The Hall–Kier alpha value is -1.51. The predicted octanol–water partition coefficient (Wildman–Crippen LogP) is 4.13. The summed E-state index contributed by atoms with van der Waals surface area (Å²) in [6, 6.07) is 4.11. The second-order valence-electron chi connectivity index (χ2n) is 6.48. The van der Waals surface area contributed by atoms with Gasteiger partial charge in [0.05, 0.1) is 7.11 Å². The Morgan fingerprint density at radius 1 is 1.29 bits per heavy atom. The van der Waals surface area contributed by atoms with Gasteiger partial charge in [0.2, 0.25) is 0 Å². The first-order chi connectivity index (χ1) is 9.93. The van der Waals surface area contributed by atoms with Crippen LogP contribution in [0.1, 0.15) is 68.6 Å². The zero-order valence-electron chi connectivity index (χ0n) is 13.5. The first-order valence-corrected chi connectivity index (χ1v) is 7.86. The molecular weight excluding hydrogens is 264 g/mol. The van der Waals surface area contributed by atoms with E-state index in [4.69, 9.17) is 4.74 Å². The number of hydrogen-bond acceptors (Lipinski definition) is 3. The van der Waals surface area contributed by atoms with Gasteiger partial charge in [0.25, 0.3) is 0 Å². The summed E-state index contributed by atoms with van der Waals surface area (Å²) in [5, 5.41) is 10.6. The number of benzene rings is 1. The highest BCUT2D eigenvalue weighted by Gasteiger charge is 2.31. The average Bonchev–Trinajstić information content (AvgIpc) is 3.29. The lowest BCUT2D eigenvalue weighted by molar-refractivity contribution is -0.140. The molecular formula is C18H26O3. The number of aryl methyl sites for hydroxylation is 1. The summed E-state index contributed by atoms with van der Waals surface area (Å²) in [7, 11) is 1.42. The number of phenolic OH excluding ortho intramolecular Hbond substituents is 1. The SMILES string of the molecule is COC(=O)CCc1cc(C(C)C)c(O)c(C(C)C2CC2)c1. The molecule has 0 radical (unpaired) electrons. The van der Waals surface area contributed by atoms with E-state index in [9.17, 15) is 9.90 Å². The number of carbonyl (C=O) groups is 1. The average molecular weight is 290 g/mol. The second-order valence-corrected chi connectivity index (χ2v) is 6.48. The maximum atomic E-state index is 11.3. The Balaban J connectivity index is 2.29. The van der Waals surface area contributed by atoms with Crippen LogP contribution < -0.4 is 0 Å². The Morgan fingerprint density at radius 3 is 2.43 bits per heavy atom. The van der Waals surface area contributed by atoms with Crippen LogP contribution in [-0.4, -0.2) is 18.2 Å². The molecule has 2 rings (SSSR count). The lowest BCUT2D eigenvalue weighted by atomic mass is 9.87. The minimum absolute atomic E-state index is 0.189. The van der Waals surface area contributed by atoms with E-state index in [0.717, 1.165) is 16.7 Å². The predicted molar refractivity (Wildman–Crippen MR) is 83.7 cm³/mol. The van der Waals surface area contributed by atoms with E-state index in [0.29, 0.717) is 30.4 Å². The third kappa shape index (κ3) is 3.78. The third-order valence-corrected chi connectivity index (χ3v) is 4.52. The van der Waals surface area contributed by atoms with Gasteiger partial charge in [0, 0.05) is 6.42 Å². The van der Waals surface area contributed by atoms with Gasteiger partial charge in [-0.25, -0.2) is 0 Å². The maximum Gasteiger partial charge on any atom is 0.305 e. The summed E-state index contributed by atoms with van der Waals surface area (Å²) in [6.45, 7) is 6.37. The van der Waals surface area contributed by atoms with Crippen LogP contribution >= 0.6 is 0 Å². The Bertz CT molecular complexity index is 515. The Morgan fingerprint density at radius 2 is 1.90 bits per heavy atom. The monoisotopic (exact) mass is 290 g/mol. The molecule has 0 spiro atoms. The summed E-state index contributed by atoms with van der Waals surface area (Å²) in [6.07, 6.45) is 3.56. The van der Waals surface area contributed by atoms with Gasteiger partial charge < -0.3 is 9.84 Å². The highest BCUT2D eigenvalue weighted by atomic mass is 16.5. The lowest BCUT2D eigenvalue weighted by Crippen LogP contribution is -2.05. The van der Waals surface area contributed by atoms with Gasteiger partial charge in [0.15, 0.2) is 0 Å². The van der Waals surface area contributed by atoms with Gasteiger partial charge in [-0.15, -0.1) is 0 Å². The fourth-order valence-corrected chi connectivity index (χ4v) is 2.87. The molecule has 1 unspecified atom stereocenters. The van der Waals surface area contributed by atoms with Crippen molar-refractivity contribution in [1.82, 2.24) is 0 Å². The van der Waals surface area contributed by atoms with Crippen LogP contribution in [0, 0.1) is 5.92 Å². The third-order valence-electron chi connectivity index (χ3n) is 4.52. The van der Waals surface area contributed by atoms with E-state index in [2.05, 4.69) is 26.8 Å². The van der Waals surface area contributed by atoms with Gasteiger partial charge in [-0.3, -0.25) is 4.79 Å². The quantitative estimate of drug-likeness (QED) is 0.801. The molecule has 1 aromatic carbocycles. The second kappa shape index (κ2) is 6.50. The summed E-state index contributed by atoms with van der Waals surface area (Å²) < 4.78 is 4.71. The van der Waals surface area contributed by atoms with Crippen molar-refractivity contribution in [3.8, 4) is 5.75 Å². The van der Waals surface area contributed by atoms with E-state index in [-0.39, 0.29) is 11.9 Å². The first kappa shape index (κ1) is 15.9. The van der Waals surface area contributed by atoms with Crippen LogP contribution in [0.3, 0.4) is 0 Å². The minimum Gasteiger partial charge on any atom is -0.507 e. The molecule has 0 heterocycles. The molecule has 1 aliphatic carbocycles. The first-order valence-electron chi connectivity index (χ1n) is 7.86. The minimum atomic E-state index is -0.189. The molecule has 3 heteroatoms. The smallest absolute Gasteiger partial charge is 0.305 e. The van der Waals surface area contributed by atoms with Crippen LogP contribution in [0.5, 0.6) is 5.75 Å². The molecule has 116 valence electrons. The highest BCUT2D eigenvalue weighted by Crippen LogP contribution is 2.46. The molecule has 1 fully saturated rings. The summed E-state index contributed by atoms with van der Waals surface area (Å²) in [5.74, 6) is 1.62.